The Morgan fingerprint density at radius 1 is 1.11 bits per heavy atom. The number of ether oxygens (including phenoxy) is 2. The average Bonchev–Trinajstić information content (AvgIpc) is 2.70. The van der Waals surface area contributed by atoms with Crippen molar-refractivity contribution in [2.75, 3.05) is 6.61 Å². The lowest BCUT2D eigenvalue weighted by Gasteiger charge is -2.34. The fourth-order valence-electron chi connectivity index (χ4n) is 3.82. The summed E-state index contributed by atoms with van der Waals surface area (Å²) < 4.78 is 11.1. The van der Waals surface area contributed by atoms with Gasteiger partial charge in [-0.15, -0.1) is 0 Å². The van der Waals surface area contributed by atoms with Gasteiger partial charge in [0, 0.05) is 0 Å². The number of unbranched alkanes of at least 4 members (excludes halogenated alkanes) is 4. The molecule has 0 aromatic heterocycles. The minimum absolute atomic E-state index is 0.0781. The van der Waals surface area contributed by atoms with Gasteiger partial charge in [-0.3, -0.25) is 0 Å². The van der Waals surface area contributed by atoms with Crippen molar-refractivity contribution >= 4 is 5.97 Å². The fourth-order valence-corrected chi connectivity index (χ4v) is 3.82. The molecule has 27 heavy (non-hydrogen) atoms. The molecule has 0 aliphatic heterocycles. The Morgan fingerprint density at radius 3 is 2.37 bits per heavy atom. The summed E-state index contributed by atoms with van der Waals surface area (Å²) in [5.74, 6) is 0.469. The van der Waals surface area contributed by atoms with Crippen LogP contribution >= 0.6 is 0 Å². The maximum absolute atomic E-state index is 12.4. The largest absolute Gasteiger partial charge is 0.494 e. The zero-order valence-electron chi connectivity index (χ0n) is 16.8. The molecule has 0 saturated heterocycles. The molecule has 148 valence electrons. The molecule has 4 heteroatoms. The van der Waals surface area contributed by atoms with E-state index in [9.17, 15) is 10.1 Å². The van der Waals surface area contributed by atoms with Crippen LogP contribution in [0.2, 0.25) is 0 Å². The van der Waals surface area contributed by atoms with Crippen LogP contribution in [-0.2, 0) is 4.74 Å². The lowest BCUT2D eigenvalue weighted by atomic mass is 9.71. The number of benzene rings is 1. The second-order valence-electron chi connectivity index (χ2n) is 7.62. The third-order valence-electron chi connectivity index (χ3n) is 5.56. The molecule has 0 bridgehead atoms. The molecular weight excluding hydrogens is 338 g/mol. The molecule has 1 aliphatic rings. The van der Waals surface area contributed by atoms with Gasteiger partial charge in [0.25, 0.3) is 0 Å². The molecular formula is C23H33NO3. The summed E-state index contributed by atoms with van der Waals surface area (Å²) in [5, 5.41) is 9.69. The Balaban J connectivity index is 1.78. The van der Waals surface area contributed by atoms with E-state index in [-0.39, 0.29) is 17.5 Å². The molecule has 0 atom stereocenters. The van der Waals surface area contributed by atoms with Gasteiger partial charge < -0.3 is 9.47 Å². The number of hydrogen-bond donors (Lipinski definition) is 0. The molecule has 0 N–H and O–H groups in total. The van der Waals surface area contributed by atoms with E-state index in [0.717, 1.165) is 44.3 Å². The average molecular weight is 372 g/mol. The highest BCUT2D eigenvalue weighted by molar-refractivity contribution is 5.89. The second kappa shape index (κ2) is 11.0. The smallest absolute Gasteiger partial charge is 0.338 e. The first kappa shape index (κ1) is 21.3. The molecule has 0 spiro atoms. The van der Waals surface area contributed by atoms with Gasteiger partial charge in [-0.1, -0.05) is 39.0 Å². The van der Waals surface area contributed by atoms with Crippen molar-refractivity contribution in [3.63, 3.8) is 0 Å². The molecule has 0 amide bonds. The molecule has 1 fully saturated rings. The molecule has 0 heterocycles. The zero-order valence-corrected chi connectivity index (χ0v) is 16.8. The van der Waals surface area contributed by atoms with Crippen molar-refractivity contribution in [1.82, 2.24) is 0 Å². The van der Waals surface area contributed by atoms with Crippen LogP contribution in [0.1, 0.15) is 88.4 Å². The van der Waals surface area contributed by atoms with Crippen LogP contribution in [0.5, 0.6) is 5.75 Å². The lowest BCUT2D eigenvalue weighted by Crippen LogP contribution is -2.31. The van der Waals surface area contributed by atoms with Gasteiger partial charge in [-0.2, -0.15) is 5.26 Å². The predicted octanol–water partition coefficient (Wildman–Crippen LogP) is 6.06. The number of nitriles is 1. The van der Waals surface area contributed by atoms with Crippen LogP contribution in [0.15, 0.2) is 24.3 Å². The molecule has 4 nitrogen and oxygen atoms in total. The van der Waals surface area contributed by atoms with Crippen LogP contribution in [0, 0.1) is 16.7 Å². The summed E-state index contributed by atoms with van der Waals surface area (Å²) in [5.41, 5.74) is 0.334. The lowest BCUT2D eigenvalue weighted by molar-refractivity contribution is 0.0105. The van der Waals surface area contributed by atoms with E-state index in [1.807, 2.05) is 6.92 Å². The third kappa shape index (κ3) is 6.57. The highest BCUT2D eigenvalue weighted by Crippen LogP contribution is 2.41. The summed E-state index contributed by atoms with van der Waals surface area (Å²) in [4.78, 5) is 12.4. The van der Waals surface area contributed by atoms with Gasteiger partial charge >= 0.3 is 5.97 Å². The van der Waals surface area contributed by atoms with Crippen molar-refractivity contribution in [2.24, 2.45) is 5.41 Å². The zero-order chi connectivity index (χ0) is 19.5. The molecule has 0 radical (unpaired) electrons. The van der Waals surface area contributed by atoms with E-state index in [1.165, 1.54) is 25.7 Å². The van der Waals surface area contributed by atoms with Gasteiger partial charge in [0.05, 0.1) is 23.7 Å². The van der Waals surface area contributed by atoms with Gasteiger partial charge in [0.2, 0.25) is 0 Å². The van der Waals surface area contributed by atoms with E-state index in [4.69, 9.17) is 9.47 Å². The SMILES string of the molecule is CCCCCCC[C@]1(C#N)CC[C@@H](OC(=O)c2ccc(OCC)cc2)CC1. The van der Waals surface area contributed by atoms with E-state index >= 15 is 0 Å². The fraction of sp³-hybridized carbons (Fsp3) is 0.652. The minimum atomic E-state index is -0.285. The highest BCUT2D eigenvalue weighted by Gasteiger charge is 2.36. The molecule has 1 aromatic carbocycles. The maximum Gasteiger partial charge on any atom is 0.338 e. The Bertz CT molecular complexity index is 610. The molecule has 2 rings (SSSR count). The first-order valence-corrected chi connectivity index (χ1v) is 10.5. The molecule has 1 aromatic rings. The van der Waals surface area contributed by atoms with E-state index in [2.05, 4.69) is 13.0 Å². The van der Waals surface area contributed by atoms with E-state index in [1.54, 1.807) is 24.3 Å². The van der Waals surface area contributed by atoms with Crippen LogP contribution in [0.4, 0.5) is 0 Å². The van der Waals surface area contributed by atoms with Gasteiger partial charge in [-0.05, 0) is 63.3 Å². The molecule has 1 aliphatic carbocycles. The summed E-state index contributed by atoms with van der Waals surface area (Å²) in [6.07, 6.45) is 10.3. The number of carbonyl (C=O) groups excluding carboxylic acids is 1. The number of nitrogens with zero attached hydrogens (tertiary/aromatic N) is 1. The summed E-state index contributed by atoms with van der Waals surface area (Å²) in [7, 11) is 0. The number of carbonyl (C=O) groups is 1. The number of esters is 1. The topological polar surface area (TPSA) is 59.3 Å². The molecule has 1 saturated carbocycles. The standard InChI is InChI=1S/C23H33NO3/c1-3-5-6-7-8-15-23(18-24)16-13-21(14-17-23)27-22(25)19-9-11-20(12-10-19)26-4-2/h9-12,21H,3-8,13-17H2,1-2H3/t21-,23+. The summed E-state index contributed by atoms with van der Waals surface area (Å²) in [6.45, 7) is 4.75. The quantitative estimate of drug-likeness (QED) is 0.371. The number of hydrogen-bond acceptors (Lipinski definition) is 4. The van der Waals surface area contributed by atoms with Crippen molar-refractivity contribution in [3.8, 4) is 11.8 Å². The normalized spacial score (nSPS) is 22.0. The minimum Gasteiger partial charge on any atom is -0.494 e. The van der Waals surface area contributed by atoms with Crippen LogP contribution in [0.3, 0.4) is 0 Å². The van der Waals surface area contributed by atoms with E-state index in [0.29, 0.717) is 12.2 Å². The monoisotopic (exact) mass is 371 g/mol. The van der Waals surface area contributed by atoms with Crippen molar-refractivity contribution in [2.45, 2.75) is 84.2 Å². The van der Waals surface area contributed by atoms with Crippen LogP contribution < -0.4 is 4.74 Å². The third-order valence-corrected chi connectivity index (χ3v) is 5.56. The second-order valence-corrected chi connectivity index (χ2v) is 7.62. The highest BCUT2D eigenvalue weighted by atomic mass is 16.5. The molecule has 0 unspecified atom stereocenters. The van der Waals surface area contributed by atoms with Gasteiger partial charge in [0.1, 0.15) is 11.9 Å². The van der Waals surface area contributed by atoms with Gasteiger partial charge in [-0.25, -0.2) is 4.79 Å². The Hall–Kier alpha value is -2.02. The number of rotatable bonds is 10. The predicted molar refractivity (Wildman–Crippen MR) is 107 cm³/mol. The van der Waals surface area contributed by atoms with Gasteiger partial charge in [0.15, 0.2) is 0 Å². The summed E-state index contributed by atoms with van der Waals surface area (Å²) in [6, 6.07) is 9.65. The Labute approximate surface area is 163 Å². The first-order chi connectivity index (χ1) is 13.1. The maximum atomic E-state index is 12.4. The summed E-state index contributed by atoms with van der Waals surface area (Å²) >= 11 is 0. The van der Waals surface area contributed by atoms with Crippen molar-refractivity contribution < 1.29 is 14.3 Å². The van der Waals surface area contributed by atoms with Crippen molar-refractivity contribution in [1.29, 1.82) is 5.26 Å². The van der Waals surface area contributed by atoms with Crippen LogP contribution in [0.25, 0.3) is 0 Å². The Kier molecular flexibility index (Phi) is 8.64. The first-order valence-electron chi connectivity index (χ1n) is 10.5. The van der Waals surface area contributed by atoms with E-state index < -0.39 is 0 Å². The van der Waals surface area contributed by atoms with Crippen molar-refractivity contribution in [3.05, 3.63) is 29.8 Å². The van der Waals surface area contributed by atoms with Crippen LogP contribution in [-0.4, -0.2) is 18.7 Å². The Morgan fingerprint density at radius 2 is 1.78 bits per heavy atom.